The number of ether oxygens (including phenoxy) is 1. The third-order valence-electron chi connectivity index (χ3n) is 3.76. The summed E-state index contributed by atoms with van der Waals surface area (Å²) in [5.74, 6) is -1.26. The fourth-order valence-electron chi connectivity index (χ4n) is 2.32. The molecule has 128 valence electrons. The lowest BCUT2D eigenvalue weighted by Gasteiger charge is -2.31. The van der Waals surface area contributed by atoms with Crippen LogP contribution in [0.1, 0.15) is 38.7 Å². The van der Waals surface area contributed by atoms with Crippen LogP contribution in [-0.2, 0) is 16.0 Å². The van der Waals surface area contributed by atoms with Gasteiger partial charge >= 0.3 is 12.6 Å². The first kappa shape index (κ1) is 18.9. The zero-order valence-electron chi connectivity index (χ0n) is 13.1. The number of hydrogen-bond donors (Lipinski definition) is 2. The van der Waals surface area contributed by atoms with Gasteiger partial charge in [0.1, 0.15) is 5.75 Å². The van der Waals surface area contributed by atoms with E-state index in [0.717, 1.165) is 0 Å². The summed E-state index contributed by atoms with van der Waals surface area (Å²) in [4.78, 5) is 23.1. The van der Waals surface area contributed by atoms with Crippen LogP contribution in [0.25, 0.3) is 0 Å². The van der Waals surface area contributed by atoms with Gasteiger partial charge in [0.15, 0.2) is 0 Å². The Bertz CT molecular complexity index is 527. The van der Waals surface area contributed by atoms with Crippen LogP contribution in [0, 0.1) is 0 Å². The van der Waals surface area contributed by atoms with Crippen LogP contribution in [0.5, 0.6) is 5.75 Å². The fourth-order valence-corrected chi connectivity index (χ4v) is 2.32. The predicted octanol–water partition coefficient (Wildman–Crippen LogP) is 2.98. The molecule has 1 aromatic carbocycles. The number of amides is 1. The Morgan fingerprint density at radius 3 is 2.22 bits per heavy atom. The molecule has 0 aliphatic heterocycles. The number of rotatable bonds is 9. The maximum absolute atomic E-state index is 12.1. The van der Waals surface area contributed by atoms with Crippen molar-refractivity contribution in [1.82, 2.24) is 5.32 Å². The van der Waals surface area contributed by atoms with Gasteiger partial charge in [-0.2, -0.15) is 8.78 Å². The molecule has 0 saturated heterocycles. The van der Waals surface area contributed by atoms with E-state index in [2.05, 4.69) is 10.1 Å². The first-order valence-electron chi connectivity index (χ1n) is 7.37. The normalized spacial score (nSPS) is 11.3. The lowest BCUT2D eigenvalue weighted by molar-refractivity contribution is -0.139. The second-order valence-electron chi connectivity index (χ2n) is 5.31. The zero-order chi connectivity index (χ0) is 17.5. The van der Waals surface area contributed by atoms with Crippen molar-refractivity contribution < 1.29 is 28.2 Å². The molecule has 23 heavy (non-hydrogen) atoms. The van der Waals surface area contributed by atoms with E-state index in [1.165, 1.54) is 24.3 Å². The van der Waals surface area contributed by atoms with Gasteiger partial charge in [-0.15, -0.1) is 0 Å². The Labute approximate surface area is 133 Å². The maximum Gasteiger partial charge on any atom is 0.387 e. The summed E-state index contributed by atoms with van der Waals surface area (Å²) in [7, 11) is 0. The minimum Gasteiger partial charge on any atom is -0.481 e. The van der Waals surface area contributed by atoms with E-state index in [4.69, 9.17) is 5.11 Å². The molecule has 2 N–H and O–H groups in total. The number of aliphatic carboxylic acids is 1. The van der Waals surface area contributed by atoms with Crippen molar-refractivity contribution in [3.8, 4) is 5.75 Å². The van der Waals surface area contributed by atoms with Crippen molar-refractivity contribution in [1.29, 1.82) is 0 Å². The molecule has 5 nitrogen and oxygen atoms in total. The third kappa shape index (κ3) is 6.22. The molecule has 1 aromatic rings. The average Bonchev–Trinajstić information content (AvgIpc) is 2.47. The molecular weight excluding hydrogens is 308 g/mol. The number of hydrogen-bond acceptors (Lipinski definition) is 3. The number of benzene rings is 1. The first-order valence-corrected chi connectivity index (χ1v) is 7.37. The molecule has 1 amide bonds. The molecule has 0 spiro atoms. The summed E-state index contributed by atoms with van der Waals surface area (Å²) >= 11 is 0. The van der Waals surface area contributed by atoms with Gasteiger partial charge in [0.05, 0.1) is 12.8 Å². The van der Waals surface area contributed by atoms with Gasteiger partial charge in [-0.05, 0) is 30.5 Å². The summed E-state index contributed by atoms with van der Waals surface area (Å²) in [5, 5.41) is 11.8. The molecule has 0 aromatic heterocycles. The van der Waals surface area contributed by atoms with Crippen LogP contribution >= 0.6 is 0 Å². The summed E-state index contributed by atoms with van der Waals surface area (Å²) < 4.78 is 28.4. The Hall–Kier alpha value is -2.18. The number of halogens is 2. The largest absolute Gasteiger partial charge is 0.481 e. The number of carbonyl (C=O) groups excluding carboxylic acids is 1. The van der Waals surface area contributed by atoms with Gasteiger partial charge in [0.2, 0.25) is 5.91 Å². The van der Waals surface area contributed by atoms with E-state index >= 15 is 0 Å². The molecule has 1 rings (SSSR count). The molecular formula is C16H21F2NO4. The fraction of sp³-hybridized carbons (Fsp3) is 0.500. The average molecular weight is 329 g/mol. The minimum absolute atomic E-state index is 0.0199. The Balaban J connectivity index is 2.69. The lowest BCUT2D eigenvalue weighted by Crippen LogP contribution is -2.49. The number of alkyl halides is 2. The highest BCUT2D eigenvalue weighted by Crippen LogP contribution is 2.20. The smallest absolute Gasteiger partial charge is 0.387 e. The molecule has 0 aliphatic rings. The van der Waals surface area contributed by atoms with E-state index < -0.39 is 18.1 Å². The summed E-state index contributed by atoms with van der Waals surface area (Å²) in [6, 6.07) is 5.76. The lowest BCUT2D eigenvalue weighted by atomic mass is 9.88. The molecule has 0 saturated carbocycles. The van der Waals surface area contributed by atoms with Gasteiger partial charge in [-0.1, -0.05) is 26.0 Å². The van der Waals surface area contributed by atoms with Gasteiger partial charge in [-0.25, -0.2) is 0 Å². The Morgan fingerprint density at radius 1 is 1.22 bits per heavy atom. The molecule has 0 heterocycles. The highest BCUT2D eigenvalue weighted by molar-refractivity contribution is 5.80. The van der Waals surface area contributed by atoms with Gasteiger partial charge in [0.25, 0.3) is 0 Å². The van der Waals surface area contributed by atoms with E-state index in [-0.39, 0.29) is 24.5 Å². The molecule has 0 aliphatic carbocycles. The van der Waals surface area contributed by atoms with Crippen molar-refractivity contribution in [2.45, 2.75) is 51.7 Å². The van der Waals surface area contributed by atoms with Gasteiger partial charge in [0, 0.05) is 5.54 Å². The molecule has 0 radical (unpaired) electrons. The predicted molar refractivity (Wildman–Crippen MR) is 80.5 cm³/mol. The molecule has 0 atom stereocenters. The highest BCUT2D eigenvalue weighted by atomic mass is 19.3. The molecule has 0 unspecified atom stereocenters. The van der Waals surface area contributed by atoms with Crippen molar-refractivity contribution in [3.63, 3.8) is 0 Å². The zero-order valence-corrected chi connectivity index (χ0v) is 13.1. The SMILES string of the molecule is CCC(CC)(CC(=O)O)NC(=O)Cc1ccc(OC(F)F)cc1. The van der Waals surface area contributed by atoms with Crippen molar-refractivity contribution in [2.75, 3.05) is 0 Å². The number of carboxylic acid groups (broad SMARTS) is 1. The van der Waals surface area contributed by atoms with Crippen molar-refractivity contribution >= 4 is 11.9 Å². The summed E-state index contributed by atoms with van der Waals surface area (Å²) in [5.41, 5.74) is -0.151. The van der Waals surface area contributed by atoms with Gasteiger partial charge < -0.3 is 15.2 Å². The highest BCUT2D eigenvalue weighted by Gasteiger charge is 2.30. The van der Waals surface area contributed by atoms with Crippen LogP contribution in [0.3, 0.4) is 0 Å². The van der Waals surface area contributed by atoms with Crippen molar-refractivity contribution in [2.24, 2.45) is 0 Å². The first-order chi connectivity index (χ1) is 10.8. The minimum atomic E-state index is -2.89. The second-order valence-corrected chi connectivity index (χ2v) is 5.31. The van der Waals surface area contributed by atoms with Crippen LogP contribution in [0.4, 0.5) is 8.78 Å². The monoisotopic (exact) mass is 329 g/mol. The Kier molecular flexibility index (Phi) is 6.93. The maximum atomic E-state index is 12.1. The number of carboxylic acids is 1. The van der Waals surface area contributed by atoms with Crippen molar-refractivity contribution in [3.05, 3.63) is 29.8 Å². The van der Waals surface area contributed by atoms with Crippen LogP contribution in [-0.4, -0.2) is 29.1 Å². The van der Waals surface area contributed by atoms with Crippen LogP contribution in [0.15, 0.2) is 24.3 Å². The quantitative estimate of drug-likeness (QED) is 0.730. The second kappa shape index (κ2) is 8.45. The Morgan fingerprint density at radius 2 is 1.78 bits per heavy atom. The van der Waals surface area contributed by atoms with E-state index in [1.54, 1.807) is 0 Å². The standard InChI is InChI=1S/C16H21F2NO4/c1-3-16(4-2,10-14(21)22)19-13(20)9-11-5-7-12(8-6-11)23-15(17)18/h5-8,15H,3-4,9-10H2,1-2H3,(H,19,20)(H,21,22). The van der Waals surface area contributed by atoms with Gasteiger partial charge in [-0.3, -0.25) is 9.59 Å². The number of nitrogens with one attached hydrogen (secondary N) is 1. The molecule has 0 bridgehead atoms. The summed E-state index contributed by atoms with van der Waals surface area (Å²) in [6.45, 7) is 0.752. The van der Waals surface area contributed by atoms with E-state index in [1.807, 2.05) is 13.8 Å². The summed E-state index contributed by atoms with van der Waals surface area (Å²) in [6.07, 6.45) is 0.897. The van der Waals surface area contributed by atoms with Crippen LogP contribution < -0.4 is 10.1 Å². The number of carbonyl (C=O) groups is 2. The molecule has 0 fully saturated rings. The van der Waals surface area contributed by atoms with Crippen LogP contribution in [0.2, 0.25) is 0 Å². The third-order valence-corrected chi connectivity index (χ3v) is 3.76. The molecule has 7 heteroatoms. The topological polar surface area (TPSA) is 75.6 Å². The van der Waals surface area contributed by atoms with E-state index in [0.29, 0.717) is 18.4 Å². The van der Waals surface area contributed by atoms with E-state index in [9.17, 15) is 18.4 Å².